The number of imidazole rings is 1. The van der Waals surface area contributed by atoms with Crippen molar-refractivity contribution in [2.24, 2.45) is 0 Å². The van der Waals surface area contributed by atoms with Gasteiger partial charge in [0.25, 0.3) is 0 Å². The number of pyridine rings is 1. The van der Waals surface area contributed by atoms with Crippen LogP contribution in [0.15, 0.2) is 52.5 Å². The summed E-state index contributed by atoms with van der Waals surface area (Å²) in [6.07, 6.45) is 8.20. The summed E-state index contributed by atoms with van der Waals surface area (Å²) >= 11 is 5.53. The molecule has 240 valence electrons. The number of hydrogen-bond donors (Lipinski definition) is 1. The highest BCUT2D eigenvalue weighted by atomic mass is 79.9. The third-order valence-corrected chi connectivity index (χ3v) is 10.2. The molecule has 45 heavy (non-hydrogen) atoms. The first-order valence-electron chi connectivity index (χ1n) is 15.8. The lowest BCUT2D eigenvalue weighted by Crippen LogP contribution is -2.50. The molecule has 2 aromatic heterocycles. The predicted octanol–water partition coefficient (Wildman–Crippen LogP) is 6.06. The molecular weight excluding hydrogens is 652 g/mol. The number of amides is 1. The Morgan fingerprint density at radius 1 is 1.18 bits per heavy atom. The lowest BCUT2D eigenvalue weighted by atomic mass is 10.1. The SMILES string of the molecule is Cc1cc(OCc2c(Br)nc(SC3CCCC3)n2-c2cccnc2)ccc1C#CCOC(=O)NCCN1CCN(C(C)C)CC1. The molecule has 11 heteroatoms. The minimum atomic E-state index is -0.438. The van der Waals surface area contributed by atoms with Crippen LogP contribution in [0.5, 0.6) is 5.75 Å². The first kappa shape index (κ1) is 33.3. The van der Waals surface area contributed by atoms with Crippen molar-refractivity contribution in [2.45, 2.75) is 69.5 Å². The first-order chi connectivity index (χ1) is 21.9. The fourth-order valence-corrected chi connectivity index (χ4v) is 7.55. The Balaban J connectivity index is 1.11. The van der Waals surface area contributed by atoms with E-state index >= 15 is 0 Å². The quantitative estimate of drug-likeness (QED) is 0.243. The topological polar surface area (TPSA) is 84.8 Å². The van der Waals surface area contributed by atoms with Gasteiger partial charge in [-0.3, -0.25) is 19.4 Å². The second kappa shape index (κ2) is 16.5. The van der Waals surface area contributed by atoms with Gasteiger partial charge in [-0.2, -0.15) is 0 Å². The molecule has 1 saturated carbocycles. The van der Waals surface area contributed by atoms with Gasteiger partial charge in [-0.1, -0.05) is 36.4 Å². The van der Waals surface area contributed by atoms with Gasteiger partial charge in [0.15, 0.2) is 11.8 Å². The molecule has 2 fully saturated rings. The van der Waals surface area contributed by atoms with Crippen LogP contribution in [-0.2, 0) is 11.3 Å². The average Bonchev–Trinajstić information content (AvgIpc) is 3.66. The molecule has 1 saturated heterocycles. The fourth-order valence-electron chi connectivity index (χ4n) is 5.64. The Morgan fingerprint density at radius 2 is 1.98 bits per heavy atom. The van der Waals surface area contributed by atoms with Crippen molar-refractivity contribution in [2.75, 3.05) is 45.9 Å². The van der Waals surface area contributed by atoms with E-state index in [0.717, 1.165) is 70.7 Å². The second-order valence-corrected chi connectivity index (χ2v) is 13.8. The summed E-state index contributed by atoms with van der Waals surface area (Å²) in [5.41, 5.74) is 3.75. The van der Waals surface area contributed by atoms with E-state index in [1.54, 1.807) is 6.20 Å². The standard InChI is InChI=1S/C34H43BrN6O3S/c1-25(2)40-19-17-39(18-20-40)16-15-37-34(42)43-21-7-8-27-12-13-29(22-26(27)3)44-24-31-32(35)38-33(45-30-10-4-5-11-30)41(31)28-9-6-14-36-23-28/h6,9,12-14,22-23,25,30H,4-5,10-11,15-21,24H2,1-3H3,(H,37,42). The van der Waals surface area contributed by atoms with Crippen molar-refractivity contribution < 1.29 is 14.3 Å². The molecule has 1 aliphatic heterocycles. The van der Waals surface area contributed by atoms with Crippen molar-refractivity contribution in [3.63, 3.8) is 0 Å². The summed E-state index contributed by atoms with van der Waals surface area (Å²) in [6.45, 7) is 12.4. The summed E-state index contributed by atoms with van der Waals surface area (Å²) < 4.78 is 14.4. The first-order valence-corrected chi connectivity index (χ1v) is 17.5. The van der Waals surface area contributed by atoms with Crippen LogP contribution in [0.25, 0.3) is 5.69 Å². The highest BCUT2D eigenvalue weighted by molar-refractivity contribution is 9.10. The van der Waals surface area contributed by atoms with Gasteiger partial charge in [0, 0.05) is 62.3 Å². The minimum Gasteiger partial charge on any atom is -0.487 e. The Kier molecular flexibility index (Phi) is 12.2. The molecule has 1 N–H and O–H groups in total. The molecule has 0 radical (unpaired) electrons. The number of thioether (sulfide) groups is 1. The molecule has 9 nitrogen and oxygen atoms in total. The van der Waals surface area contributed by atoms with E-state index in [1.165, 1.54) is 25.7 Å². The van der Waals surface area contributed by atoms with Crippen LogP contribution in [0.1, 0.15) is 56.4 Å². The highest BCUT2D eigenvalue weighted by Crippen LogP contribution is 2.37. The fraction of sp³-hybridized carbons (Fsp3) is 0.500. The van der Waals surface area contributed by atoms with Crippen LogP contribution in [-0.4, -0.2) is 87.6 Å². The number of nitrogens with zero attached hydrogens (tertiary/aromatic N) is 5. The summed E-state index contributed by atoms with van der Waals surface area (Å²) in [4.78, 5) is 26.2. The van der Waals surface area contributed by atoms with E-state index in [1.807, 2.05) is 55.2 Å². The number of carbonyl (C=O) groups is 1. The van der Waals surface area contributed by atoms with E-state index in [2.05, 4.69) is 66.3 Å². The van der Waals surface area contributed by atoms with Crippen LogP contribution in [0.4, 0.5) is 4.79 Å². The molecule has 1 amide bonds. The second-order valence-electron chi connectivity index (χ2n) is 11.7. The van der Waals surface area contributed by atoms with Crippen LogP contribution < -0.4 is 10.1 Å². The molecule has 0 spiro atoms. The van der Waals surface area contributed by atoms with Gasteiger partial charge < -0.3 is 14.8 Å². The van der Waals surface area contributed by atoms with E-state index in [9.17, 15) is 4.79 Å². The molecular formula is C34H43BrN6O3S. The lowest BCUT2D eigenvalue weighted by molar-refractivity contribution is 0.108. The zero-order chi connectivity index (χ0) is 31.6. The summed E-state index contributed by atoms with van der Waals surface area (Å²) in [6, 6.07) is 10.4. The van der Waals surface area contributed by atoms with Crippen molar-refractivity contribution in [1.29, 1.82) is 0 Å². The van der Waals surface area contributed by atoms with Crippen LogP contribution in [0.3, 0.4) is 0 Å². The molecule has 0 unspecified atom stereocenters. The Hall–Kier alpha value is -3.04. The molecule has 1 aliphatic carbocycles. The number of alkyl carbamates (subject to hydrolysis) is 1. The number of hydrogen-bond acceptors (Lipinski definition) is 8. The van der Waals surface area contributed by atoms with E-state index in [0.29, 0.717) is 24.4 Å². The maximum absolute atomic E-state index is 12.1. The molecule has 3 aromatic rings. The minimum absolute atomic E-state index is 0.0319. The van der Waals surface area contributed by atoms with Crippen molar-refractivity contribution in [3.05, 3.63) is 64.1 Å². The maximum Gasteiger partial charge on any atom is 0.408 e. The van der Waals surface area contributed by atoms with Gasteiger partial charge in [0.05, 0.1) is 17.6 Å². The lowest BCUT2D eigenvalue weighted by Gasteiger charge is -2.36. The third kappa shape index (κ3) is 9.49. The summed E-state index contributed by atoms with van der Waals surface area (Å²) in [5, 5.41) is 4.37. The predicted molar refractivity (Wildman–Crippen MR) is 182 cm³/mol. The number of carbonyl (C=O) groups excluding carboxylic acids is 1. The number of nitrogens with one attached hydrogen (secondary N) is 1. The number of benzene rings is 1. The maximum atomic E-state index is 12.1. The number of halogens is 1. The molecule has 3 heterocycles. The van der Waals surface area contributed by atoms with Crippen LogP contribution in [0.2, 0.25) is 0 Å². The number of ether oxygens (including phenoxy) is 2. The molecule has 0 atom stereocenters. The van der Waals surface area contributed by atoms with Gasteiger partial charge in [0.2, 0.25) is 0 Å². The molecule has 0 bridgehead atoms. The van der Waals surface area contributed by atoms with Crippen LogP contribution >= 0.6 is 27.7 Å². The molecule has 1 aromatic carbocycles. The smallest absolute Gasteiger partial charge is 0.408 e. The average molecular weight is 696 g/mol. The molecule has 2 aliphatic rings. The normalized spacial score (nSPS) is 16.0. The van der Waals surface area contributed by atoms with Gasteiger partial charge >= 0.3 is 6.09 Å². The Labute approximate surface area is 279 Å². The summed E-state index contributed by atoms with van der Waals surface area (Å²) in [5.74, 6) is 6.81. The highest BCUT2D eigenvalue weighted by Gasteiger charge is 2.24. The number of piperazine rings is 1. The monoisotopic (exact) mass is 694 g/mol. The Bertz CT molecular complexity index is 1470. The van der Waals surface area contributed by atoms with Gasteiger partial charge in [-0.15, -0.1) is 0 Å². The van der Waals surface area contributed by atoms with Crippen molar-refractivity contribution in [3.8, 4) is 23.3 Å². The molecule has 5 rings (SSSR count). The van der Waals surface area contributed by atoms with Gasteiger partial charge in [-0.25, -0.2) is 9.78 Å². The van der Waals surface area contributed by atoms with Crippen LogP contribution in [0, 0.1) is 18.8 Å². The summed E-state index contributed by atoms with van der Waals surface area (Å²) in [7, 11) is 0. The zero-order valence-electron chi connectivity index (χ0n) is 26.4. The third-order valence-electron chi connectivity index (χ3n) is 8.28. The number of aromatic nitrogens is 3. The van der Waals surface area contributed by atoms with E-state index in [-0.39, 0.29) is 6.61 Å². The van der Waals surface area contributed by atoms with E-state index in [4.69, 9.17) is 14.5 Å². The van der Waals surface area contributed by atoms with E-state index < -0.39 is 6.09 Å². The zero-order valence-corrected chi connectivity index (χ0v) is 28.8. The van der Waals surface area contributed by atoms with Gasteiger partial charge in [-0.05, 0) is 85.4 Å². The number of aryl methyl sites for hydroxylation is 1. The van der Waals surface area contributed by atoms with Gasteiger partial charge in [0.1, 0.15) is 17.0 Å². The van der Waals surface area contributed by atoms with Crippen molar-refractivity contribution >= 4 is 33.8 Å². The Morgan fingerprint density at radius 3 is 2.69 bits per heavy atom. The largest absolute Gasteiger partial charge is 0.487 e. The van der Waals surface area contributed by atoms with Crippen molar-refractivity contribution in [1.82, 2.24) is 29.7 Å². The number of rotatable bonds is 11.